The number of aryl methyl sites for hydroxylation is 1. The number of rotatable bonds is 26. The Kier molecular flexibility index (Phi) is 22.2. The van der Waals surface area contributed by atoms with Crippen LogP contribution in [0.2, 0.25) is 0 Å². The summed E-state index contributed by atoms with van der Waals surface area (Å²) >= 11 is 0. The van der Waals surface area contributed by atoms with Gasteiger partial charge in [-0.05, 0) is 108 Å². The topological polar surface area (TPSA) is 277 Å². The first kappa shape index (κ1) is 54.0. The number of likely N-dealkylation sites (tertiary alicyclic amines) is 1. The smallest absolute Gasteiger partial charge is 0.408 e. The molecule has 19 heteroatoms. The van der Waals surface area contributed by atoms with Crippen LogP contribution >= 0.6 is 0 Å². The van der Waals surface area contributed by atoms with Crippen LogP contribution in [0, 0.1) is 11.3 Å². The molecule has 2 aromatic carbocycles. The normalized spacial score (nSPS) is 15.3. The van der Waals surface area contributed by atoms with E-state index < -0.39 is 84.0 Å². The standard InChI is InChI=1S/C47H69N9O10/c1-30(2)27-37(54-44(62)39-16-12-26-56(39)31(3)57)41(59)50-29-40(58)52-36(22-19-32-13-8-7-9-14-32)43(61)53-35(15-10-11-24-49-25-23-48)42(60)51-34-20-17-33(18-21-34)28-38(45(63)64)55-46(65)66-47(4,5)6/h7-9,13-14,17-18,20-21,23,30,35-39,48-49H,10-12,15-16,19,22,24-29H2,1-6H3,(H,50,59)(H,51,60)(H,52,58)(H,53,61)(H,54,62)(H,55,65)(H,63,64)/t35-,36-,37-,38+,39-/m0/s1. The molecule has 0 spiro atoms. The van der Waals surface area contributed by atoms with Gasteiger partial charge in [-0.15, -0.1) is 0 Å². The zero-order valence-electron chi connectivity index (χ0n) is 39.0. The molecule has 1 saturated heterocycles. The number of aliphatic carboxylic acids is 1. The third-order valence-electron chi connectivity index (χ3n) is 10.6. The highest BCUT2D eigenvalue weighted by atomic mass is 16.6. The van der Waals surface area contributed by atoms with Gasteiger partial charge in [0, 0.05) is 38.3 Å². The molecule has 0 bridgehead atoms. The largest absolute Gasteiger partial charge is 0.480 e. The van der Waals surface area contributed by atoms with Gasteiger partial charge in [-0.1, -0.05) is 56.3 Å². The molecule has 0 saturated carbocycles. The van der Waals surface area contributed by atoms with Crippen molar-refractivity contribution in [1.29, 1.82) is 5.41 Å². The van der Waals surface area contributed by atoms with Crippen LogP contribution in [0.3, 0.4) is 0 Å². The number of unbranched alkanes of at least 4 members (excludes halogenated alkanes) is 1. The van der Waals surface area contributed by atoms with Gasteiger partial charge in [0.25, 0.3) is 0 Å². The summed E-state index contributed by atoms with van der Waals surface area (Å²) in [5.74, 6) is -4.36. The Morgan fingerprint density at radius 1 is 0.818 bits per heavy atom. The minimum atomic E-state index is -1.28. The molecule has 5 atom stereocenters. The molecular formula is C47H69N9O10. The first-order valence-electron chi connectivity index (χ1n) is 22.6. The number of hydrogen-bond acceptors (Lipinski definition) is 11. The fourth-order valence-corrected chi connectivity index (χ4v) is 7.30. The van der Waals surface area contributed by atoms with Crippen molar-refractivity contribution >= 4 is 59.4 Å². The molecule has 2 aromatic rings. The number of nitrogens with zero attached hydrogens (tertiary/aromatic N) is 1. The summed E-state index contributed by atoms with van der Waals surface area (Å²) in [6.45, 7) is 11.1. The molecule has 0 radical (unpaired) electrons. The van der Waals surface area contributed by atoms with Crippen molar-refractivity contribution in [3.63, 3.8) is 0 Å². The van der Waals surface area contributed by atoms with Crippen molar-refractivity contribution < 1.29 is 48.2 Å². The third kappa shape index (κ3) is 19.8. The molecule has 0 unspecified atom stereocenters. The Labute approximate surface area is 387 Å². The quantitative estimate of drug-likeness (QED) is 0.0489. The molecule has 1 aliphatic heterocycles. The highest BCUT2D eigenvalue weighted by molar-refractivity contribution is 5.99. The van der Waals surface area contributed by atoms with E-state index in [1.807, 2.05) is 44.2 Å². The number of anilines is 1. The second-order valence-corrected chi connectivity index (χ2v) is 17.8. The number of ether oxygens (including phenoxy) is 1. The summed E-state index contributed by atoms with van der Waals surface area (Å²) in [4.78, 5) is 106. The number of carboxylic acid groups (broad SMARTS) is 1. The number of benzene rings is 2. The number of nitrogens with one attached hydrogen (secondary N) is 8. The maximum atomic E-state index is 14.1. The van der Waals surface area contributed by atoms with Crippen molar-refractivity contribution in [2.45, 2.75) is 135 Å². The van der Waals surface area contributed by atoms with Crippen LogP contribution in [0.15, 0.2) is 54.6 Å². The van der Waals surface area contributed by atoms with Gasteiger partial charge in [-0.25, -0.2) is 9.59 Å². The molecule has 1 aliphatic rings. The summed E-state index contributed by atoms with van der Waals surface area (Å²) < 4.78 is 5.20. The number of amides is 7. The van der Waals surface area contributed by atoms with Crippen molar-refractivity contribution in [2.24, 2.45) is 5.92 Å². The first-order chi connectivity index (χ1) is 31.3. The lowest BCUT2D eigenvalue weighted by molar-refractivity contribution is -0.139. The monoisotopic (exact) mass is 920 g/mol. The van der Waals surface area contributed by atoms with E-state index in [9.17, 15) is 43.5 Å². The van der Waals surface area contributed by atoms with Crippen LogP contribution in [0.25, 0.3) is 0 Å². The SMILES string of the molecule is CC(=O)N1CCC[C@H]1C(=O)N[C@@H](CC(C)C)C(=O)NCC(=O)N[C@@H](CCc1ccccc1)C(=O)N[C@@H](CCCCNCC=N)C(=O)Nc1ccc(C[C@@H](NC(=O)OC(C)(C)C)C(=O)O)cc1. The van der Waals surface area contributed by atoms with Gasteiger partial charge in [-0.2, -0.15) is 0 Å². The van der Waals surface area contributed by atoms with Gasteiger partial charge in [0.05, 0.1) is 6.54 Å². The van der Waals surface area contributed by atoms with E-state index in [1.165, 1.54) is 18.0 Å². The summed E-state index contributed by atoms with van der Waals surface area (Å²) in [6.07, 6.45) is 3.63. The molecule has 0 aliphatic carbocycles. The van der Waals surface area contributed by atoms with Gasteiger partial charge >= 0.3 is 12.1 Å². The average Bonchev–Trinajstić information content (AvgIpc) is 3.76. The maximum absolute atomic E-state index is 14.1. The van der Waals surface area contributed by atoms with Crippen LogP contribution in [0.1, 0.15) is 97.6 Å². The lowest BCUT2D eigenvalue weighted by atomic mass is 10.0. The predicted octanol–water partition coefficient (Wildman–Crippen LogP) is 2.82. The minimum absolute atomic E-state index is 0.00215. The van der Waals surface area contributed by atoms with E-state index in [4.69, 9.17) is 10.1 Å². The number of carbonyl (C=O) groups is 8. The Balaban J connectivity index is 1.74. The van der Waals surface area contributed by atoms with Crippen molar-refractivity contribution in [2.75, 3.05) is 31.5 Å². The van der Waals surface area contributed by atoms with Gasteiger partial charge < -0.3 is 57.4 Å². The number of carboxylic acids is 1. The van der Waals surface area contributed by atoms with E-state index in [0.29, 0.717) is 63.0 Å². The van der Waals surface area contributed by atoms with E-state index in [2.05, 4.69) is 37.2 Å². The second kappa shape index (κ2) is 27.2. The average molecular weight is 920 g/mol. The van der Waals surface area contributed by atoms with Crippen molar-refractivity contribution in [3.05, 3.63) is 65.7 Å². The summed E-state index contributed by atoms with van der Waals surface area (Å²) in [6, 6.07) is 10.6. The molecular weight excluding hydrogens is 851 g/mol. The fraction of sp³-hybridized carbons (Fsp3) is 0.553. The molecule has 7 amide bonds. The fourth-order valence-electron chi connectivity index (χ4n) is 7.30. The summed E-state index contributed by atoms with van der Waals surface area (Å²) in [5.41, 5.74) is 0.993. The predicted molar refractivity (Wildman–Crippen MR) is 249 cm³/mol. The van der Waals surface area contributed by atoms with E-state index in [-0.39, 0.29) is 37.5 Å². The molecule has 19 nitrogen and oxygen atoms in total. The molecule has 3 rings (SSSR count). The van der Waals surface area contributed by atoms with Crippen molar-refractivity contribution in [1.82, 2.24) is 36.8 Å². The number of alkyl carbamates (subject to hydrolysis) is 1. The summed E-state index contributed by atoms with van der Waals surface area (Å²) in [7, 11) is 0. The molecule has 1 fully saturated rings. The Morgan fingerprint density at radius 3 is 2.12 bits per heavy atom. The van der Waals surface area contributed by atoms with Gasteiger partial charge in [-0.3, -0.25) is 28.8 Å². The van der Waals surface area contributed by atoms with Crippen LogP contribution in [-0.2, 0) is 51.1 Å². The van der Waals surface area contributed by atoms with E-state index in [1.54, 1.807) is 45.0 Å². The van der Waals surface area contributed by atoms with Crippen molar-refractivity contribution in [3.8, 4) is 0 Å². The lowest BCUT2D eigenvalue weighted by Crippen LogP contribution is -2.56. The zero-order chi connectivity index (χ0) is 48.8. The van der Waals surface area contributed by atoms with Gasteiger partial charge in [0.15, 0.2) is 0 Å². The highest BCUT2D eigenvalue weighted by Crippen LogP contribution is 2.19. The molecule has 362 valence electrons. The Morgan fingerprint density at radius 2 is 1.50 bits per heavy atom. The number of carbonyl (C=O) groups excluding carboxylic acids is 7. The van der Waals surface area contributed by atoms with Crippen LogP contribution in [0.4, 0.5) is 10.5 Å². The van der Waals surface area contributed by atoms with Crippen LogP contribution in [-0.4, -0.2) is 126 Å². The second-order valence-electron chi connectivity index (χ2n) is 17.8. The minimum Gasteiger partial charge on any atom is -0.480 e. The van der Waals surface area contributed by atoms with E-state index >= 15 is 0 Å². The van der Waals surface area contributed by atoms with E-state index in [0.717, 1.165) is 5.56 Å². The maximum Gasteiger partial charge on any atom is 0.408 e. The Hall–Kier alpha value is -6.37. The summed E-state index contributed by atoms with van der Waals surface area (Å²) in [5, 5.41) is 36.2. The zero-order valence-corrected chi connectivity index (χ0v) is 39.0. The van der Waals surface area contributed by atoms with Gasteiger partial charge in [0.1, 0.15) is 35.8 Å². The third-order valence-corrected chi connectivity index (χ3v) is 10.6. The molecule has 9 N–H and O–H groups in total. The Bertz CT molecular complexity index is 1960. The van der Waals surface area contributed by atoms with Gasteiger partial charge in [0.2, 0.25) is 35.4 Å². The highest BCUT2D eigenvalue weighted by Gasteiger charge is 2.35. The first-order valence-corrected chi connectivity index (χ1v) is 22.6. The molecule has 66 heavy (non-hydrogen) atoms. The number of hydrogen-bond donors (Lipinski definition) is 9. The molecule has 0 aromatic heterocycles. The lowest BCUT2D eigenvalue weighted by Gasteiger charge is -2.26. The molecule has 1 heterocycles. The van der Waals surface area contributed by atoms with Crippen LogP contribution < -0.4 is 37.2 Å². The van der Waals surface area contributed by atoms with Crippen LogP contribution in [0.5, 0.6) is 0 Å².